The summed E-state index contributed by atoms with van der Waals surface area (Å²) in [5.41, 5.74) is 8.15. The fourth-order valence-electron chi connectivity index (χ4n) is 5.69. The maximum Gasteiger partial charge on any atom is 0.335 e. The van der Waals surface area contributed by atoms with Crippen molar-refractivity contribution >= 4 is 23.3 Å². The van der Waals surface area contributed by atoms with Gasteiger partial charge in [0.05, 0.1) is 5.56 Å². The van der Waals surface area contributed by atoms with Gasteiger partial charge in [0.15, 0.2) is 0 Å². The number of aromatic carboxylic acids is 1. The summed E-state index contributed by atoms with van der Waals surface area (Å²) < 4.78 is 10.7. The van der Waals surface area contributed by atoms with Crippen molar-refractivity contribution in [2.45, 2.75) is 26.7 Å². The highest BCUT2D eigenvalue weighted by atomic mass is 16.5. The predicted octanol–water partition coefficient (Wildman–Crippen LogP) is 11.0. The van der Waals surface area contributed by atoms with Crippen LogP contribution >= 0.6 is 0 Å². The molecule has 0 saturated carbocycles. The molecule has 292 valence electrons. The Bertz CT molecular complexity index is 2120. The van der Waals surface area contributed by atoms with Crippen molar-refractivity contribution in [1.82, 2.24) is 0 Å². The molecule has 6 aromatic carbocycles. The molecule has 0 aliphatic rings. The summed E-state index contributed by atoms with van der Waals surface area (Å²) in [6, 6.07) is 50.7. The second-order valence-electron chi connectivity index (χ2n) is 13.1. The van der Waals surface area contributed by atoms with Gasteiger partial charge >= 0.3 is 5.97 Å². The van der Waals surface area contributed by atoms with Crippen molar-refractivity contribution in [1.29, 1.82) is 0 Å². The molecule has 0 heterocycles. The minimum atomic E-state index is -0.935. The molecule has 0 atom stereocenters. The molecule has 6 aromatic rings. The molecule has 0 aliphatic heterocycles. The molecule has 0 spiro atoms. The van der Waals surface area contributed by atoms with Crippen LogP contribution in [0.5, 0.6) is 11.5 Å². The van der Waals surface area contributed by atoms with Crippen molar-refractivity contribution < 1.29 is 24.2 Å². The molecule has 0 bridgehead atoms. The maximum atomic E-state index is 13.2. The zero-order chi connectivity index (χ0) is 40.7. The van der Waals surface area contributed by atoms with E-state index in [1.54, 1.807) is 24.3 Å². The van der Waals surface area contributed by atoms with E-state index in [2.05, 4.69) is 105 Å². The first-order valence-corrected chi connectivity index (χ1v) is 18.9. The first-order valence-electron chi connectivity index (χ1n) is 18.9. The monoisotopic (exact) mass is 760 g/mol. The highest BCUT2D eigenvalue weighted by Gasteiger charge is 2.18. The number of rotatable bonds is 16. The Morgan fingerprint density at radius 2 is 1.11 bits per heavy atom. The number of carboxylic acids is 1. The van der Waals surface area contributed by atoms with E-state index in [1.165, 1.54) is 40.1 Å². The van der Waals surface area contributed by atoms with Crippen molar-refractivity contribution in [3.8, 4) is 11.5 Å². The number of hydrogen-bond acceptors (Lipinski definition) is 5. The van der Waals surface area contributed by atoms with Crippen molar-refractivity contribution in [3.63, 3.8) is 0 Å². The van der Waals surface area contributed by atoms with Gasteiger partial charge in [-0.1, -0.05) is 121 Å². The van der Waals surface area contributed by atoms with E-state index in [1.807, 2.05) is 65.6 Å². The Morgan fingerprint density at radius 1 is 0.614 bits per heavy atom. The number of aryl methyl sites for hydroxylation is 2. The van der Waals surface area contributed by atoms with Gasteiger partial charge in [-0.15, -0.1) is 0 Å². The summed E-state index contributed by atoms with van der Waals surface area (Å²) in [6.07, 6.45) is 5.19. The number of para-hydroxylation sites is 2. The van der Waals surface area contributed by atoms with Gasteiger partial charge in [-0.05, 0) is 111 Å². The molecule has 0 aromatic heterocycles. The van der Waals surface area contributed by atoms with Crippen molar-refractivity contribution in [3.05, 3.63) is 216 Å². The number of carbonyl (C=O) groups is 2. The van der Waals surface area contributed by atoms with Gasteiger partial charge in [-0.3, -0.25) is 4.79 Å². The van der Waals surface area contributed by atoms with Gasteiger partial charge in [0.2, 0.25) is 0 Å². The lowest BCUT2D eigenvalue weighted by molar-refractivity contribution is 0.0696. The highest BCUT2D eigenvalue weighted by molar-refractivity contribution is 6.06. The average molecular weight is 761 g/mol. The Labute approximate surface area is 337 Å². The van der Waals surface area contributed by atoms with E-state index in [0.29, 0.717) is 31.1 Å². The summed E-state index contributed by atoms with van der Waals surface area (Å²) >= 11 is 0. The molecule has 2 N–H and O–H groups in total. The smallest absolute Gasteiger partial charge is 0.335 e. The standard InChI is InChI=1S/C25H25NO2.C15H17N.C10H10O3/c1-3-18-28-24-14-12-22(13-15-24)25(27)26(23-10-5-4-6-11-23)17-16-21-9-7-8-20(2)19-21;1-13-6-5-7-14(12-13)10-11-16-15-8-3-2-4-9-15;1-2-7-13-9-5-3-8(4-6-9)10(11)12/h3-15,19H,1,16-18H2,2H3;2-9,12,16H,10-11H2,1H3;2-6H,1,7H2,(H,11,12). The number of nitrogens with one attached hydrogen (secondary N) is 1. The summed E-state index contributed by atoms with van der Waals surface area (Å²) in [4.78, 5) is 25.5. The second kappa shape index (κ2) is 23.8. The van der Waals surface area contributed by atoms with Crippen LogP contribution in [0.15, 0.2) is 183 Å². The van der Waals surface area contributed by atoms with Crippen LogP contribution in [-0.4, -0.2) is 43.3 Å². The topological polar surface area (TPSA) is 88.1 Å². The molecule has 0 unspecified atom stereocenters. The number of anilines is 2. The lowest BCUT2D eigenvalue weighted by Gasteiger charge is -2.23. The fourth-order valence-corrected chi connectivity index (χ4v) is 5.69. The molecule has 0 fully saturated rings. The van der Waals surface area contributed by atoms with Gasteiger partial charge in [0.25, 0.3) is 5.91 Å². The van der Waals surface area contributed by atoms with E-state index >= 15 is 0 Å². The summed E-state index contributed by atoms with van der Waals surface area (Å²) in [5.74, 6) is 0.414. The van der Waals surface area contributed by atoms with Crippen LogP contribution in [-0.2, 0) is 12.8 Å². The number of carboxylic acid groups (broad SMARTS) is 1. The van der Waals surface area contributed by atoms with E-state index in [4.69, 9.17) is 14.6 Å². The molecule has 7 nitrogen and oxygen atoms in total. The van der Waals surface area contributed by atoms with Crippen LogP contribution in [0, 0.1) is 13.8 Å². The van der Waals surface area contributed by atoms with Crippen LogP contribution in [0.3, 0.4) is 0 Å². The zero-order valence-electron chi connectivity index (χ0n) is 32.9. The molecular weight excluding hydrogens is 709 g/mol. The number of carbonyl (C=O) groups excluding carboxylic acids is 1. The lowest BCUT2D eigenvalue weighted by Crippen LogP contribution is -2.32. The Kier molecular flexibility index (Phi) is 17.9. The molecule has 0 aliphatic carbocycles. The summed E-state index contributed by atoms with van der Waals surface area (Å²) in [5, 5.41) is 12.0. The predicted molar refractivity (Wildman–Crippen MR) is 234 cm³/mol. The highest BCUT2D eigenvalue weighted by Crippen LogP contribution is 2.20. The van der Waals surface area contributed by atoms with Crippen LogP contribution < -0.4 is 19.7 Å². The van der Waals surface area contributed by atoms with Gasteiger partial charge < -0.3 is 24.8 Å². The number of hydrogen-bond donors (Lipinski definition) is 2. The third-order valence-electron chi connectivity index (χ3n) is 8.56. The first-order chi connectivity index (χ1) is 27.7. The fraction of sp³-hybridized carbons (Fsp3) is 0.160. The van der Waals surface area contributed by atoms with Crippen molar-refractivity contribution in [2.75, 3.05) is 36.5 Å². The molecule has 57 heavy (non-hydrogen) atoms. The summed E-state index contributed by atoms with van der Waals surface area (Å²) in [7, 11) is 0. The molecule has 7 heteroatoms. The second-order valence-corrected chi connectivity index (χ2v) is 13.1. The maximum absolute atomic E-state index is 13.2. The van der Waals surface area contributed by atoms with Gasteiger partial charge in [-0.25, -0.2) is 4.79 Å². The van der Waals surface area contributed by atoms with Crippen LogP contribution in [0.25, 0.3) is 0 Å². The quantitative estimate of drug-likeness (QED) is 0.0955. The summed E-state index contributed by atoms with van der Waals surface area (Å²) in [6.45, 7) is 13.8. The lowest BCUT2D eigenvalue weighted by atomic mass is 10.1. The van der Waals surface area contributed by atoms with E-state index in [-0.39, 0.29) is 11.5 Å². The zero-order valence-corrected chi connectivity index (χ0v) is 32.9. The first kappa shape index (κ1) is 42.9. The Hall–Kier alpha value is -6.86. The van der Waals surface area contributed by atoms with Gasteiger partial charge in [0, 0.05) is 30.0 Å². The molecule has 6 rings (SSSR count). The molecule has 1 amide bonds. The molecule has 0 saturated heterocycles. The van der Waals surface area contributed by atoms with E-state index in [9.17, 15) is 9.59 Å². The van der Waals surface area contributed by atoms with Crippen LogP contribution in [0.2, 0.25) is 0 Å². The van der Waals surface area contributed by atoms with Crippen LogP contribution in [0.1, 0.15) is 43.0 Å². The third-order valence-corrected chi connectivity index (χ3v) is 8.56. The average Bonchev–Trinajstić information content (AvgIpc) is 3.24. The Morgan fingerprint density at radius 3 is 1.60 bits per heavy atom. The number of amides is 1. The molecular formula is C50H52N2O5. The van der Waals surface area contributed by atoms with E-state index in [0.717, 1.165) is 30.8 Å². The largest absolute Gasteiger partial charge is 0.490 e. The molecule has 0 radical (unpaired) electrons. The Balaban J connectivity index is 0.000000209. The normalized spacial score (nSPS) is 10.0. The van der Waals surface area contributed by atoms with Gasteiger partial charge in [-0.2, -0.15) is 0 Å². The number of benzene rings is 6. The van der Waals surface area contributed by atoms with E-state index < -0.39 is 5.97 Å². The van der Waals surface area contributed by atoms with Gasteiger partial charge in [0.1, 0.15) is 24.7 Å². The number of ether oxygens (including phenoxy) is 2. The minimum absolute atomic E-state index is 0.0193. The van der Waals surface area contributed by atoms with Crippen LogP contribution in [0.4, 0.5) is 11.4 Å². The number of nitrogens with zero attached hydrogens (tertiary/aromatic N) is 1. The third kappa shape index (κ3) is 15.4. The van der Waals surface area contributed by atoms with Crippen molar-refractivity contribution in [2.24, 2.45) is 0 Å². The minimum Gasteiger partial charge on any atom is -0.490 e. The SMILES string of the molecule is C=CCOc1ccc(C(=O)N(CCc2cccc(C)c2)c2ccccc2)cc1.C=CCOc1ccc(C(=O)O)cc1.Cc1cccc(CCNc2ccccc2)c1.